The molecule has 2 aromatic rings. The van der Waals surface area contributed by atoms with Gasteiger partial charge in [-0.25, -0.2) is 0 Å². The van der Waals surface area contributed by atoms with Crippen molar-refractivity contribution in [3.05, 3.63) is 35.0 Å². The van der Waals surface area contributed by atoms with Gasteiger partial charge in [0.1, 0.15) is 0 Å². The number of carbonyl (C=O) groups excluding carboxylic acids is 1. The molecule has 0 spiro atoms. The maximum Gasteiger partial charge on any atom is 0.224 e. The number of anilines is 1. The SMILES string of the molecule is Cc1cc(Cl)c(NC(=O)CCC(C)(C)N)c2cccnc12. The molecule has 0 unspecified atom stereocenters. The van der Waals surface area contributed by atoms with Crippen LogP contribution < -0.4 is 11.1 Å². The highest BCUT2D eigenvalue weighted by Gasteiger charge is 2.16. The number of hydrogen-bond acceptors (Lipinski definition) is 3. The fourth-order valence-corrected chi connectivity index (χ4v) is 2.46. The molecule has 112 valence electrons. The summed E-state index contributed by atoms with van der Waals surface area (Å²) in [5.41, 5.74) is 7.98. The summed E-state index contributed by atoms with van der Waals surface area (Å²) < 4.78 is 0. The monoisotopic (exact) mass is 305 g/mol. The van der Waals surface area contributed by atoms with Crippen LogP contribution in [-0.4, -0.2) is 16.4 Å². The predicted molar refractivity (Wildman–Crippen MR) is 87.6 cm³/mol. The second kappa shape index (κ2) is 6.00. The van der Waals surface area contributed by atoms with E-state index in [0.717, 1.165) is 16.5 Å². The standard InChI is InChI=1S/C16H20ClN3O/c1-10-9-12(17)15(11-5-4-8-19-14(10)11)20-13(21)6-7-16(2,3)18/h4-5,8-9H,6-7,18H2,1-3H3,(H,20,21). The molecule has 21 heavy (non-hydrogen) atoms. The Morgan fingerprint density at radius 2 is 2.19 bits per heavy atom. The van der Waals surface area contributed by atoms with Crippen molar-refractivity contribution in [2.45, 2.75) is 39.2 Å². The van der Waals surface area contributed by atoms with Crippen molar-refractivity contribution in [1.82, 2.24) is 4.98 Å². The summed E-state index contributed by atoms with van der Waals surface area (Å²) in [5, 5.41) is 4.26. The third-order valence-electron chi connectivity index (χ3n) is 3.29. The lowest BCUT2D eigenvalue weighted by atomic mass is 10.00. The minimum absolute atomic E-state index is 0.0931. The minimum Gasteiger partial charge on any atom is -0.326 e. The summed E-state index contributed by atoms with van der Waals surface area (Å²) in [6.45, 7) is 5.75. The second-order valence-electron chi connectivity index (χ2n) is 5.99. The molecule has 0 radical (unpaired) electrons. The average Bonchev–Trinajstić information content (AvgIpc) is 2.40. The molecular formula is C16H20ClN3O. The lowest BCUT2D eigenvalue weighted by Crippen LogP contribution is -2.33. The molecule has 0 saturated carbocycles. The van der Waals surface area contributed by atoms with E-state index >= 15 is 0 Å². The van der Waals surface area contributed by atoms with Crippen LogP contribution in [0.15, 0.2) is 24.4 Å². The molecule has 0 aliphatic rings. The molecule has 5 heteroatoms. The second-order valence-corrected chi connectivity index (χ2v) is 6.39. The Bertz CT molecular complexity index is 677. The van der Waals surface area contributed by atoms with Crippen molar-refractivity contribution in [1.29, 1.82) is 0 Å². The normalized spacial score (nSPS) is 11.7. The average molecular weight is 306 g/mol. The maximum absolute atomic E-state index is 12.1. The molecule has 0 fully saturated rings. The maximum atomic E-state index is 12.1. The molecule has 4 nitrogen and oxygen atoms in total. The first-order valence-corrected chi connectivity index (χ1v) is 7.28. The van der Waals surface area contributed by atoms with Crippen molar-refractivity contribution in [3.8, 4) is 0 Å². The Balaban J connectivity index is 2.28. The summed E-state index contributed by atoms with van der Waals surface area (Å²) in [5.74, 6) is -0.0931. The Morgan fingerprint density at radius 3 is 2.86 bits per heavy atom. The zero-order valence-corrected chi connectivity index (χ0v) is 13.3. The third kappa shape index (κ3) is 3.93. The number of halogens is 1. The first-order valence-electron chi connectivity index (χ1n) is 6.90. The quantitative estimate of drug-likeness (QED) is 0.906. The molecule has 1 aromatic heterocycles. The van der Waals surface area contributed by atoms with Gasteiger partial charge in [0.15, 0.2) is 0 Å². The lowest BCUT2D eigenvalue weighted by molar-refractivity contribution is -0.116. The summed E-state index contributed by atoms with van der Waals surface area (Å²) in [6.07, 6.45) is 2.69. The molecule has 0 atom stereocenters. The molecule has 2 rings (SSSR count). The van der Waals surface area contributed by atoms with Crippen molar-refractivity contribution < 1.29 is 4.79 Å². The highest BCUT2D eigenvalue weighted by Crippen LogP contribution is 2.32. The van der Waals surface area contributed by atoms with E-state index in [9.17, 15) is 4.79 Å². The van der Waals surface area contributed by atoms with Gasteiger partial charge in [0, 0.05) is 23.5 Å². The van der Waals surface area contributed by atoms with Crippen molar-refractivity contribution in [2.75, 3.05) is 5.32 Å². The van der Waals surface area contributed by atoms with Gasteiger partial charge in [-0.3, -0.25) is 9.78 Å². The van der Waals surface area contributed by atoms with Gasteiger partial charge in [-0.2, -0.15) is 0 Å². The smallest absolute Gasteiger partial charge is 0.224 e. The van der Waals surface area contributed by atoms with Crippen LogP contribution in [0.1, 0.15) is 32.3 Å². The molecular weight excluding hydrogens is 286 g/mol. The van der Waals surface area contributed by atoms with Gasteiger partial charge in [0.2, 0.25) is 5.91 Å². The number of amides is 1. The van der Waals surface area contributed by atoms with Gasteiger partial charge in [-0.05, 0) is 51.0 Å². The number of aryl methyl sites for hydroxylation is 1. The molecule has 0 saturated heterocycles. The van der Waals surface area contributed by atoms with Crippen LogP contribution in [0, 0.1) is 6.92 Å². The first-order chi connectivity index (χ1) is 9.78. The van der Waals surface area contributed by atoms with Gasteiger partial charge in [0.05, 0.1) is 16.2 Å². The molecule has 3 N–H and O–H groups in total. The fourth-order valence-electron chi connectivity index (χ4n) is 2.15. The largest absolute Gasteiger partial charge is 0.326 e. The fraction of sp³-hybridized carbons (Fsp3) is 0.375. The van der Waals surface area contributed by atoms with Crippen LogP contribution in [0.3, 0.4) is 0 Å². The van der Waals surface area contributed by atoms with E-state index in [1.165, 1.54) is 0 Å². The number of rotatable bonds is 4. The van der Waals surface area contributed by atoms with Crippen molar-refractivity contribution in [3.63, 3.8) is 0 Å². The number of aromatic nitrogens is 1. The predicted octanol–water partition coefficient (Wildman–Crippen LogP) is 3.65. The minimum atomic E-state index is -0.363. The number of fused-ring (bicyclic) bond motifs is 1. The third-order valence-corrected chi connectivity index (χ3v) is 3.59. The van der Waals surface area contributed by atoms with E-state index in [1.807, 2.05) is 39.0 Å². The van der Waals surface area contributed by atoms with Crippen LogP contribution in [0.5, 0.6) is 0 Å². The van der Waals surface area contributed by atoms with Gasteiger partial charge in [-0.15, -0.1) is 0 Å². The highest BCUT2D eigenvalue weighted by atomic mass is 35.5. The summed E-state index contributed by atoms with van der Waals surface area (Å²) in [7, 11) is 0. The van der Waals surface area contributed by atoms with Crippen LogP contribution in [0.2, 0.25) is 5.02 Å². The van der Waals surface area contributed by atoms with E-state index in [1.54, 1.807) is 6.20 Å². The van der Waals surface area contributed by atoms with E-state index in [4.69, 9.17) is 17.3 Å². The van der Waals surface area contributed by atoms with Gasteiger partial charge < -0.3 is 11.1 Å². The van der Waals surface area contributed by atoms with E-state index in [0.29, 0.717) is 23.6 Å². The number of nitrogens with one attached hydrogen (secondary N) is 1. The first kappa shape index (κ1) is 15.7. The zero-order chi connectivity index (χ0) is 15.6. The van der Waals surface area contributed by atoms with E-state index in [2.05, 4.69) is 10.3 Å². The molecule has 1 amide bonds. The van der Waals surface area contributed by atoms with Crippen LogP contribution in [0.25, 0.3) is 10.9 Å². The molecule has 0 aliphatic heterocycles. The van der Waals surface area contributed by atoms with Gasteiger partial charge in [-0.1, -0.05) is 11.6 Å². The topological polar surface area (TPSA) is 68.0 Å². The number of pyridine rings is 1. The Labute approximate surface area is 129 Å². The summed E-state index contributed by atoms with van der Waals surface area (Å²) >= 11 is 6.28. The molecule has 1 heterocycles. The summed E-state index contributed by atoms with van der Waals surface area (Å²) in [4.78, 5) is 16.4. The van der Waals surface area contributed by atoms with Crippen LogP contribution >= 0.6 is 11.6 Å². The Hall–Kier alpha value is -1.65. The van der Waals surface area contributed by atoms with E-state index < -0.39 is 0 Å². The number of carbonyl (C=O) groups is 1. The van der Waals surface area contributed by atoms with Crippen molar-refractivity contribution >= 4 is 34.1 Å². The summed E-state index contributed by atoms with van der Waals surface area (Å²) in [6, 6.07) is 5.56. The lowest BCUT2D eigenvalue weighted by Gasteiger charge is -2.18. The van der Waals surface area contributed by atoms with Gasteiger partial charge >= 0.3 is 0 Å². The van der Waals surface area contributed by atoms with Crippen molar-refractivity contribution in [2.24, 2.45) is 5.73 Å². The zero-order valence-electron chi connectivity index (χ0n) is 12.5. The number of hydrogen-bond donors (Lipinski definition) is 2. The number of nitrogens with zero attached hydrogens (tertiary/aromatic N) is 1. The van der Waals surface area contributed by atoms with Crippen LogP contribution in [0.4, 0.5) is 5.69 Å². The van der Waals surface area contributed by atoms with E-state index in [-0.39, 0.29) is 11.4 Å². The highest BCUT2D eigenvalue weighted by molar-refractivity contribution is 6.35. The Morgan fingerprint density at radius 1 is 1.48 bits per heavy atom. The van der Waals surface area contributed by atoms with Crippen LogP contribution in [-0.2, 0) is 4.79 Å². The van der Waals surface area contributed by atoms with Gasteiger partial charge in [0.25, 0.3) is 0 Å². The number of nitrogens with two attached hydrogens (primary N) is 1. The molecule has 1 aromatic carbocycles. The molecule has 0 aliphatic carbocycles. The molecule has 0 bridgehead atoms. The number of benzene rings is 1. The Kier molecular flexibility index (Phi) is 4.49.